The van der Waals surface area contributed by atoms with E-state index in [-0.39, 0.29) is 11.4 Å². The SMILES string of the molecule is COC(=O)C1(Cc2ccc3[nH]c(=O)oc3c2)CCC1. The second kappa shape index (κ2) is 4.26. The van der Waals surface area contributed by atoms with Gasteiger partial charge in [-0.1, -0.05) is 12.5 Å². The molecule has 0 saturated heterocycles. The molecule has 1 aliphatic carbocycles. The Morgan fingerprint density at radius 3 is 2.89 bits per heavy atom. The first-order chi connectivity index (χ1) is 9.13. The van der Waals surface area contributed by atoms with E-state index < -0.39 is 5.76 Å². The smallest absolute Gasteiger partial charge is 0.417 e. The Morgan fingerprint density at radius 2 is 2.26 bits per heavy atom. The first-order valence-corrected chi connectivity index (χ1v) is 6.33. The van der Waals surface area contributed by atoms with E-state index in [0.29, 0.717) is 17.5 Å². The molecule has 0 bridgehead atoms. The molecular formula is C14H15NO4. The zero-order valence-electron chi connectivity index (χ0n) is 10.7. The molecule has 1 saturated carbocycles. The van der Waals surface area contributed by atoms with Gasteiger partial charge in [0.2, 0.25) is 0 Å². The Hall–Kier alpha value is -2.04. The maximum Gasteiger partial charge on any atom is 0.417 e. The van der Waals surface area contributed by atoms with Crippen molar-refractivity contribution in [2.75, 3.05) is 7.11 Å². The van der Waals surface area contributed by atoms with Crippen LogP contribution in [-0.4, -0.2) is 18.1 Å². The molecule has 1 aromatic heterocycles. The average Bonchev–Trinajstić information content (AvgIpc) is 2.72. The number of nitrogens with one attached hydrogen (secondary N) is 1. The topological polar surface area (TPSA) is 72.3 Å². The van der Waals surface area contributed by atoms with E-state index in [1.807, 2.05) is 12.1 Å². The van der Waals surface area contributed by atoms with Crippen LogP contribution in [0.25, 0.3) is 11.1 Å². The van der Waals surface area contributed by atoms with Gasteiger partial charge in [-0.2, -0.15) is 0 Å². The van der Waals surface area contributed by atoms with Crippen LogP contribution >= 0.6 is 0 Å². The average molecular weight is 261 g/mol. The maximum absolute atomic E-state index is 11.9. The number of aromatic nitrogens is 1. The molecule has 0 aliphatic heterocycles. The number of carbonyl (C=O) groups is 1. The van der Waals surface area contributed by atoms with Gasteiger partial charge in [-0.15, -0.1) is 0 Å². The van der Waals surface area contributed by atoms with Crippen LogP contribution in [0.15, 0.2) is 27.4 Å². The standard InChI is InChI=1S/C14H15NO4/c1-18-12(16)14(5-2-6-14)8-9-3-4-10-11(7-9)19-13(17)15-10/h3-4,7H,2,5-6,8H2,1H3,(H,15,17). The number of aromatic amines is 1. The lowest BCUT2D eigenvalue weighted by molar-refractivity contribution is -0.158. The van der Waals surface area contributed by atoms with Crippen molar-refractivity contribution < 1.29 is 13.9 Å². The molecular weight excluding hydrogens is 246 g/mol. The zero-order valence-corrected chi connectivity index (χ0v) is 10.7. The molecule has 5 nitrogen and oxygen atoms in total. The van der Waals surface area contributed by atoms with Gasteiger partial charge in [0.15, 0.2) is 5.58 Å². The van der Waals surface area contributed by atoms with Crippen LogP contribution in [0.4, 0.5) is 0 Å². The third-order valence-corrected chi connectivity index (χ3v) is 3.96. The van der Waals surface area contributed by atoms with Crippen molar-refractivity contribution in [3.05, 3.63) is 34.3 Å². The predicted octanol–water partition coefficient (Wildman–Crippen LogP) is 2.01. The van der Waals surface area contributed by atoms with Crippen molar-refractivity contribution in [1.82, 2.24) is 4.98 Å². The number of fused-ring (bicyclic) bond motifs is 1. The summed E-state index contributed by atoms with van der Waals surface area (Å²) in [5.41, 5.74) is 1.80. The molecule has 0 unspecified atom stereocenters. The van der Waals surface area contributed by atoms with Gasteiger partial charge in [0, 0.05) is 0 Å². The van der Waals surface area contributed by atoms with E-state index in [2.05, 4.69) is 4.98 Å². The molecule has 0 spiro atoms. The van der Waals surface area contributed by atoms with E-state index in [4.69, 9.17) is 9.15 Å². The highest BCUT2D eigenvalue weighted by atomic mass is 16.5. The van der Waals surface area contributed by atoms with Crippen LogP contribution in [0.5, 0.6) is 0 Å². The van der Waals surface area contributed by atoms with Crippen molar-refractivity contribution >= 4 is 17.1 Å². The lowest BCUT2D eigenvalue weighted by Gasteiger charge is -2.38. The molecule has 3 rings (SSSR count). The molecule has 1 aliphatic rings. The second-order valence-corrected chi connectivity index (χ2v) is 5.15. The maximum atomic E-state index is 11.9. The van der Waals surface area contributed by atoms with Gasteiger partial charge in [-0.3, -0.25) is 9.78 Å². The highest BCUT2D eigenvalue weighted by Crippen LogP contribution is 2.44. The minimum atomic E-state index is -0.460. The number of rotatable bonds is 3. The number of oxazole rings is 1. The van der Waals surface area contributed by atoms with Gasteiger partial charge in [0.05, 0.1) is 18.0 Å². The Bertz CT molecular complexity index is 678. The van der Waals surface area contributed by atoms with Crippen molar-refractivity contribution in [1.29, 1.82) is 0 Å². The summed E-state index contributed by atoms with van der Waals surface area (Å²) in [7, 11) is 1.43. The molecule has 0 atom stereocenters. The zero-order chi connectivity index (χ0) is 13.5. The summed E-state index contributed by atoms with van der Waals surface area (Å²) in [6.45, 7) is 0. The molecule has 1 aromatic carbocycles. The van der Waals surface area contributed by atoms with Crippen molar-refractivity contribution in [3.63, 3.8) is 0 Å². The van der Waals surface area contributed by atoms with Crippen LogP contribution < -0.4 is 5.76 Å². The number of esters is 1. The first kappa shape index (κ1) is 12.0. The number of H-pyrrole nitrogens is 1. The highest BCUT2D eigenvalue weighted by molar-refractivity contribution is 5.79. The Kier molecular flexibility index (Phi) is 2.69. The summed E-state index contributed by atoms with van der Waals surface area (Å²) in [4.78, 5) is 25.6. The molecule has 1 heterocycles. The van der Waals surface area contributed by atoms with Gasteiger partial charge < -0.3 is 9.15 Å². The Morgan fingerprint density at radius 1 is 1.47 bits per heavy atom. The minimum Gasteiger partial charge on any atom is -0.469 e. The van der Waals surface area contributed by atoms with Gasteiger partial charge in [0.25, 0.3) is 0 Å². The number of methoxy groups -OCH3 is 1. The van der Waals surface area contributed by atoms with Gasteiger partial charge in [-0.05, 0) is 37.0 Å². The molecule has 0 radical (unpaired) electrons. The predicted molar refractivity (Wildman–Crippen MR) is 68.8 cm³/mol. The number of benzene rings is 1. The van der Waals surface area contributed by atoms with Gasteiger partial charge >= 0.3 is 11.7 Å². The fraction of sp³-hybridized carbons (Fsp3) is 0.429. The van der Waals surface area contributed by atoms with Crippen LogP contribution in [0.1, 0.15) is 24.8 Å². The van der Waals surface area contributed by atoms with Crippen LogP contribution in [0.2, 0.25) is 0 Å². The molecule has 100 valence electrons. The summed E-state index contributed by atoms with van der Waals surface area (Å²) in [6, 6.07) is 5.53. The number of ether oxygens (including phenoxy) is 1. The third-order valence-electron chi connectivity index (χ3n) is 3.96. The fourth-order valence-electron chi connectivity index (χ4n) is 2.76. The van der Waals surface area contributed by atoms with Crippen LogP contribution in [0.3, 0.4) is 0 Å². The highest BCUT2D eigenvalue weighted by Gasteiger charge is 2.45. The summed E-state index contributed by atoms with van der Waals surface area (Å²) in [5.74, 6) is -0.604. The molecule has 2 aromatic rings. The van der Waals surface area contributed by atoms with E-state index in [0.717, 1.165) is 24.8 Å². The van der Waals surface area contributed by atoms with Gasteiger partial charge in [-0.25, -0.2) is 4.79 Å². The fourth-order valence-corrected chi connectivity index (χ4v) is 2.76. The minimum absolute atomic E-state index is 0.144. The number of carbonyl (C=O) groups excluding carboxylic acids is 1. The second-order valence-electron chi connectivity index (χ2n) is 5.15. The molecule has 0 amide bonds. The van der Waals surface area contributed by atoms with Crippen molar-refractivity contribution in [3.8, 4) is 0 Å². The van der Waals surface area contributed by atoms with E-state index in [1.54, 1.807) is 6.07 Å². The molecule has 1 N–H and O–H groups in total. The van der Waals surface area contributed by atoms with E-state index in [9.17, 15) is 9.59 Å². The normalized spacial score (nSPS) is 17.1. The quantitative estimate of drug-likeness (QED) is 0.858. The van der Waals surface area contributed by atoms with Gasteiger partial charge in [0.1, 0.15) is 0 Å². The first-order valence-electron chi connectivity index (χ1n) is 6.33. The van der Waals surface area contributed by atoms with Crippen LogP contribution in [0, 0.1) is 5.41 Å². The summed E-state index contributed by atoms with van der Waals surface area (Å²) in [5, 5.41) is 0. The van der Waals surface area contributed by atoms with E-state index in [1.165, 1.54) is 7.11 Å². The number of hydrogen-bond acceptors (Lipinski definition) is 4. The van der Waals surface area contributed by atoms with E-state index >= 15 is 0 Å². The summed E-state index contributed by atoms with van der Waals surface area (Å²) >= 11 is 0. The molecule has 19 heavy (non-hydrogen) atoms. The lowest BCUT2D eigenvalue weighted by Crippen LogP contribution is -2.40. The monoisotopic (exact) mass is 261 g/mol. The summed E-state index contributed by atoms with van der Waals surface area (Å²) < 4.78 is 9.94. The summed E-state index contributed by atoms with van der Waals surface area (Å²) in [6.07, 6.45) is 3.39. The van der Waals surface area contributed by atoms with Crippen molar-refractivity contribution in [2.24, 2.45) is 5.41 Å². The largest absolute Gasteiger partial charge is 0.469 e. The van der Waals surface area contributed by atoms with Crippen molar-refractivity contribution in [2.45, 2.75) is 25.7 Å². The third kappa shape index (κ3) is 1.95. The molecule has 1 fully saturated rings. The lowest BCUT2D eigenvalue weighted by atomic mass is 9.65. The Labute approximate surface area is 109 Å². The van der Waals surface area contributed by atoms with Crippen LogP contribution in [-0.2, 0) is 16.0 Å². The Balaban J connectivity index is 1.92. The molecule has 5 heteroatoms. The number of hydrogen-bond donors (Lipinski definition) is 1.